The molecule has 138 valence electrons. The Labute approximate surface area is 167 Å². The molecule has 0 saturated carbocycles. The number of hydrogen-bond donors (Lipinski definition) is 2. The van der Waals surface area contributed by atoms with Gasteiger partial charge in [-0.15, -0.1) is 24.0 Å². The average Bonchev–Trinajstić information content (AvgIpc) is 2.49. The highest BCUT2D eigenvalue weighted by Gasteiger charge is 2.15. The Morgan fingerprint density at radius 3 is 2.58 bits per heavy atom. The Morgan fingerprint density at radius 1 is 1.29 bits per heavy atom. The molecule has 0 saturated heterocycles. The van der Waals surface area contributed by atoms with Gasteiger partial charge in [-0.3, -0.25) is 4.99 Å². The fourth-order valence-electron chi connectivity index (χ4n) is 1.75. The van der Waals surface area contributed by atoms with Gasteiger partial charge in [-0.05, 0) is 19.1 Å². The van der Waals surface area contributed by atoms with Crippen molar-refractivity contribution in [2.45, 2.75) is 20.1 Å². The number of rotatable bonds is 8. The lowest BCUT2D eigenvalue weighted by Gasteiger charge is -2.16. The molecule has 0 aromatic heterocycles. The first kappa shape index (κ1) is 23.4. The van der Waals surface area contributed by atoms with E-state index in [1.54, 1.807) is 7.05 Å². The highest BCUT2D eigenvalue weighted by molar-refractivity contribution is 14.0. The molecule has 24 heavy (non-hydrogen) atoms. The molecular formula is C14H20Cl2F2IN3O2. The SMILES string of the molecule is CCOCCNC(=NC)NCc1cc(Cl)cc(Cl)c1OC(F)F.I. The van der Waals surface area contributed by atoms with E-state index in [9.17, 15) is 8.78 Å². The van der Waals surface area contributed by atoms with Crippen molar-refractivity contribution in [1.82, 2.24) is 10.6 Å². The van der Waals surface area contributed by atoms with Crippen molar-refractivity contribution < 1.29 is 18.3 Å². The summed E-state index contributed by atoms with van der Waals surface area (Å²) in [4.78, 5) is 4.02. The van der Waals surface area contributed by atoms with Crippen molar-refractivity contribution in [3.05, 3.63) is 27.7 Å². The molecule has 0 aliphatic rings. The Hall–Kier alpha value is -0.580. The monoisotopic (exact) mass is 497 g/mol. The third kappa shape index (κ3) is 8.50. The van der Waals surface area contributed by atoms with Crippen LogP contribution in [0, 0.1) is 0 Å². The van der Waals surface area contributed by atoms with E-state index in [0.29, 0.717) is 36.3 Å². The van der Waals surface area contributed by atoms with Crippen molar-refractivity contribution in [2.24, 2.45) is 4.99 Å². The number of hydrogen-bond acceptors (Lipinski definition) is 3. The maximum Gasteiger partial charge on any atom is 0.387 e. The first-order valence-corrected chi connectivity index (χ1v) is 7.68. The van der Waals surface area contributed by atoms with Gasteiger partial charge in [0.2, 0.25) is 0 Å². The van der Waals surface area contributed by atoms with E-state index in [0.717, 1.165) is 0 Å². The van der Waals surface area contributed by atoms with Crippen LogP contribution in [0.25, 0.3) is 0 Å². The fraction of sp³-hybridized carbons (Fsp3) is 0.500. The van der Waals surface area contributed by atoms with E-state index in [2.05, 4.69) is 20.4 Å². The second-order valence-corrected chi connectivity index (χ2v) is 5.15. The Morgan fingerprint density at radius 2 is 2.00 bits per heavy atom. The van der Waals surface area contributed by atoms with Gasteiger partial charge < -0.3 is 20.1 Å². The van der Waals surface area contributed by atoms with Crippen molar-refractivity contribution in [2.75, 3.05) is 26.8 Å². The van der Waals surface area contributed by atoms with Crippen LogP contribution in [0.15, 0.2) is 17.1 Å². The van der Waals surface area contributed by atoms with E-state index >= 15 is 0 Å². The topological polar surface area (TPSA) is 54.9 Å². The standard InChI is InChI=1S/C14H19Cl2F2N3O2.HI/c1-3-22-5-4-20-14(19-2)21-8-9-6-10(15)7-11(16)12(9)23-13(17)18;/h6-7,13H,3-5,8H2,1-2H3,(H2,19,20,21);1H. The molecule has 0 aliphatic carbocycles. The Bertz CT molecular complexity index is 537. The molecule has 0 atom stereocenters. The van der Waals surface area contributed by atoms with Gasteiger partial charge in [0.15, 0.2) is 5.96 Å². The smallest absolute Gasteiger partial charge is 0.387 e. The van der Waals surface area contributed by atoms with E-state index < -0.39 is 6.61 Å². The molecular weight excluding hydrogens is 478 g/mol. The molecule has 1 rings (SSSR count). The van der Waals surface area contributed by atoms with Gasteiger partial charge in [0.25, 0.3) is 0 Å². The van der Waals surface area contributed by atoms with Crippen LogP contribution in [0.4, 0.5) is 8.78 Å². The zero-order valence-corrected chi connectivity index (χ0v) is 17.1. The summed E-state index contributed by atoms with van der Waals surface area (Å²) in [5.74, 6) is 0.382. The molecule has 1 aromatic rings. The van der Waals surface area contributed by atoms with Gasteiger partial charge in [0.1, 0.15) is 5.75 Å². The zero-order chi connectivity index (χ0) is 17.2. The minimum Gasteiger partial charge on any atom is -0.433 e. The average molecular weight is 498 g/mol. The van der Waals surface area contributed by atoms with Crippen molar-refractivity contribution >= 4 is 53.1 Å². The van der Waals surface area contributed by atoms with Crippen LogP contribution in [-0.4, -0.2) is 39.4 Å². The number of halogens is 5. The van der Waals surface area contributed by atoms with Gasteiger partial charge in [-0.2, -0.15) is 8.78 Å². The van der Waals surface area contributed by atoms with Crippen molar-refractivity contribution in [3.8, 4) is 5.75 Å². The third-order valence-electron chi connectivity index (χ3n) is 2.71. The highest BCUT2D eigenvalue weighted by Crippen LogP contribution is 2.33. The summed E-state index contributed by atoms with van der Waals surface area (Å²) in [6.45, 7) is 0.806. The van der Waals surface area contributed by atoms with E-state index in [4.69, 9.17) is 27.9 Å². The first-order valence-electron chi connectivity index (χ1n) is 6.92. The third-order valence-corrected chi connectivity index (χ3v) is 3.20. The van der Waals surface area contributed by atoms with E-state index in [1.165, 1.54) is 12.1 Å². The number of benzene rings is 1. The predicted octanol–water partition coefficient (Wildman–Crippen LogP) is 3.91. The molecule has 5 nitrogen and oxygen atoms in total. The maximum absolute atomic E-state index is 12.5. The highest BCUT2D eigenvalue weighted by atomic mass is 127. The lowest BCUT2D eigenvalue weighted by atomic mass is 10.2. The van der Waals surface area contributed by atoms with Crippen LogP contribution in [0.3, 0.4) is 0 Å². The van der Waals surface area contributed by atoms with Crippen molar-refractivity contribution in [3.63, 3.8) is 0 Å². The summed E-state index contributed by atoms with van der Waals surface area (Å²) in [7, 11) is 1.59. The molecule has 2 N–H and O–H groups in total. The van der Waals surface area contributed by atoms with Gasteiger partial charge in [0.05, 0.1) is 11.6 Å². The minimum atomic E-state index is -2.98. The van der Waals surface area contributed by atoms with Crippen LogP contribution in [0.2, 0.25) is 10.0 Å². The van der Waals surface area contributed by atoms with E-state index in [1.807, 2.05) is 6.92 Å². The summed E-state index contributed by atoms with van der Waals surface area (Å²) < 4.78 is 34.7. The minimum absolute atomic E-state index is 0. The second-order valence-electron chi connectivity index (χ2n) is 4.30. The summed E-state index contributed by atoms with van der Waals surface area (Å²) in [5, 5.41) is 6.34. The van der Waals surface area contributed by atoms with Crippen LogP contribution in [-0.2, 0) is 11.3 Å². The van der Waals surface area contributed by atoms with Crippen LogP contribution in [0.5, 0.6) is 5.75 Å². The zero-order valence-electron chi connectivity index (χ0n) is 13.2. The lowest BCUT2D eigenvalue weighted by molar-refractivity contribution is -0.0504. The van der Waals surface area contributed by atoms with Gasteiger partial charge in [0, 0.05) is 37.3 Å². The molecule has 0 spiro atoms. The summed E-state index contributed by atoms with van der Waals surface area (Å²) in [5.41, 5.74) is 0.399. The lowest BCUT2D eigenvalue weighted by Crippen LogP contribution is -2.38. The summed E-state index contributed by atoms with van der Waals surface area (Å²) in [6, 6.07) is 2.85. The number of guanidine groups is 1. The summed E-state index contributed by atoms with van der Waals surface area (Å²) >= 11 is 11.8. The number of ether oxygens (including phenoxy) is 2. The predicted molar refractivity (Wildman–Crippen MR) is 103 cm³/mol. The molecule has 0 radical (unpaired) electrons. The van der Waals surface area contributed by atoms with Gasteiger partial charge in [-0.25, -0.2) is 0 Å². The molecule has 0 heterocycles. The quantitative estimate of drug-likeness (QED) is 0.247. The van der Waals surface area contributed by atoms with Gasteiger partial charge in [-0.1, -0.05) is 23.2 Å². The van der Waals surface area contributed by atoms with E-state index in [-0.39, 0.29) is 41.3 Å². The normalized spacial score (nSPS) is 11.2. The Kier molecular flexibility index (Phi) is 12.4. The molecule has 0 fully saturated rings. The Balaban J connectivity index is 0.00000529. The van der Waals surface area contributed by atoms with Crippen LogP contribution in [0.1, 0.15) is 12.5 Å². The molecule has 0 aliphatic heterocycles. The van der Waals surface area contributed by atoms with Crippen LogP contribution < -0.4 is 15.4 Å². The number of nitrogens with one attached hydrogen (secondary N) is 2. The largest absolute Gasteiger partial charge is 0.433 e. The number of alkyl halides is 2. The number of aliphatic imine (C=N–C) groups is 1. The second kappa shape index (κ2) is 12.7. The van der Waals surface area contributed by atoms with Crippen molar-refractivity contribution in [1.29, 1.82) is 0 Å². The molecule has 0 bridgehead atoms. The molecule has 0 unspecified atom stereocenters. The molecule has 0 amide bonds. The van der Waals surface area contributed by atoms with Crippen LogP contribution >= 0.6 is 47.2 Å². The molecule has 1 aromatic carbocycles. The molecule has 10 heteroatoms. The first-order chi connectivity index (χ1) is 11.0. The summed E-state index contributed by atoms with van der Waals surface area (Å²) in [6.07, 6.45) is 0. The number of nitrogens with zero attached hydrogens (tertiary/aromatic N) is 1. The van der Waals surface area contributed by atoms with Gasteiger partial charge >= 0.3 is 6.61 Å². The maximum atomic E-state index is 12.5. The fourth-order valence-corrected chi connectivity index (χ4v) is 2.33.